The summed E-state index contributed by atoms with van der Waals surface area (Å²) in [6.45, 7) is 0. The molecule has 1 spiro atoms. The molecular weight excluding hydrogens is 835 g/mol. The molecule has 0 saturated heterocycles. The highest BCUT2D eigenvalue weighted by Crippen LogP contribution is 2.63. The van der Waals surface area contributed by atoms with Crippen LogP contribution in [0.1, 0.15) is 22.3 Å². The minimum Gasteiger partial charge on any atom is -0.455 e. The first-order valence-electron chi connectivity index (χ1n) is 23.8. The molecular formula is C67H43NO. The molecule has 0 N–H and O–H groups in total. The molecule has 0 aliphatic heterocycles. The van der Waals surface area contributed by atoms with E-state index in [2.05, 4.69) is 260 Å². The Morgan fingerprint density at radius 1 is 0.290 bits per heavy atom. The third-order valence-electron chi connectivity index (χ3n) is 14.7. The van der Waals surface area contributed by atoms with Gasteiger partial charge in [0.1, 0.15) is 11.2 Å². The summed E-state index contributed by atoms with van der Waals surface area (Å²) in [6.07, 6.45) is 0. The van der Waals surface area contributed by atoms with Crippen LogP contribution in [0, 0.1) is 0 Å². The molecule has 1 heterocycles. The summed E-state index contributed by atoms with van der Waals surface area (Å²) in [6, 6.07) is 95.6. The lowest BCUT2D eigenvalue weighted by Gasteiger charge is -2.33. The highest BCUT2D eigenvalue weighted by molar-refractivity contribution is 6.10. The Labute approximate surface area is 401 Å². The van der Waals surface area contributed by atoms with E-state index in [0.717, 1.165) is 61.3 Å². The number of benzene rings is 11. The lowest BCUT2D eigenvalue weighted by Crippen LogP contribution is -2.26. The highest BCUT2D eigenvalue weighted by Gasteiger charge is 2.51. The predicted octanol–water partition coefficient (Wildman–Crippen LogP) is 18.1. The Morgan fingerprint density at radius 3 is 1.42 bits per heavy atom. The number of fused-ring (bicyclic) bond motifs is 13. The van der Waals surface area contributed by atoms with Crippen LogP contribution in [0.2, 0.25) is 0 Å². The fourth-order valence-corrected chi connectivity index (χ4v) is 11.9. The van der Waals surface area contributed by atoms with Crippen molar-refractivity contribution in [1.82, 2.24) is 0 Å². The van der Waals surface area contributed by atoms with Gasteiger partial charge in [-0.05, 0) is 114 Å². The number of para-hydroxylation sites is 2. The zero-order chi connectivity index (χ0) is 45.5. The normalized spacial score (nSPS) is 12.8. The molecule has 0 amide bonds. The van der Waals surface area contributed by atoms with Gasteiger partial charge in [-0.2, -0.15) is 0 Å². The van der Waals surface area contributed by atoms with Crippen LogP contribution in [-0.2, 0) is 5.41 Å². The summed E-state index contributed by atoms with van der Waals surface area (Å²) in [5.74, 6) is 0. The summed E-state index contributed by atoms with van der Waals surface area (Å²) >= 11 is 0. The number of anilines is 3. The second kappa shape index (κ2) is 15.6. The fraction of sp³-hybridized carbons (Fsp3) is 0.0149. The van der Waals surface area contributed by atoms with Gasteiger partial charge in [-0.1, -0.05) is 224 Å². The van der Waals surface area contributed by atoms with Crippen LogP contribution in [-0.4, -0.2) is 0 Å². The molecule has 0 radical (unpaired) electrons. The van der Waals surface area contributed by atoms with Crippen LogP contribution in [0.3, 0.4) is 0 Å². The van der Waals surface area contributed by atoms with Crippen molar-refractivity contribution in [3.8, 4) is 66.8 Å². The van der Waals surface area contributed by atoms with Crippen molar-refractivity contribution in [2.45, 2.75) is 5.41 Å². The number of hydrogen-bond acceptors (Lipinski definition) is 2. The van der Waals surface area contributed by atoms with Gasteiger partial charge in [0.25, 0.3) is 0 Å². The Morgan fingerprint density at radius 2 is 0.754 bits per heavy atom. The maximum atomic E-state index is 6.58. The van der Waals surface area contributed by atoms with Crippen molar-refractivity contribution in [2.24, 2.45) is 0 Å². The van der Waals surface area contributed by atoms with Crippen molar-refractivity contribution < 1.29 is 4.42 Å². The first-order valence-corrected chi connectivity index (χ1v) is 23.8. The van der Waals surface area contributed by atoms with Gasteiger partial charge in [0.15, 0.2) is 0 Å². The molecule has 2 heteroatoms. The molecule has 2 aliphatic rings. The number of furan rings is 1. The van der Waals surface area contributed by atoms with Gasteiger partial charge in [0.2, 0.25) is 0 Å². The number of hydrogen-bond donors (Lipinski definition) is 0. The Hall–Kier alpha value is -8.98. The molecule has 11 aromatic carbocycles. The number of nitrogens with zero attached hydrogens (tertiary/aromatic N) is 1. The van der Waals surface area contributed by atoms with E-state index in [1.54, 1.807) is 0 Å². The molecule has 2 aliphatic carbocycles. The third kappa shape index (κ3) is 5.86. The molecule has 322 valence electrons. The standard InChI is InChI=1S/C67H43NO/c1-3-19-44(20-4-1)49-23-7-8-28-57(49)65-50(45-21-5-2-6-22-45)29-18-35-63(65)68(47-39-37-46(38-40-47)51-30-17-31-58-56-27-12-16-36-64(56)69-66(51)58)48-41-42-55-54-26-11-15-34-61(54)67(62(55)43-48)59-32-13-9-24-52(59)53-25-10-14-33-60(53)67/h1-43H. The van der Waals surface area contributed by atoms with Gasteiger partial charge in [-0.25, -0.2) is 0 Å². The first-order chi connectivity index (χ1) is 34.3. The van der Waals surface area contributed by atoms with Crippen molar-refractivity contribution in [1.29, 1.82) is 0 Å². The van der Waals surface area contributed by atoms with Gasteiger partial charge in [-0.15, -0.1) is 0 Å². The van der Waals surface area contributed by atoms with E-state index in [0.29, 0.717) is 0 Å². The molecule has 1 aromatic heterocycles. The van der Waals surface area contributed by atoms with Gasteiger partial charge >= 0.3 is 0 Å². The lowest BCUT2D eigenvalue weighted by molar-refractivity contribution is 0.670. The molecule has 0 bridgehead atoms. The summed E-state index contributed by atoms with van der Waals surface area (Å²) < 4.78 is 6.58. The van der Waals surface area contributed by atoms with E-state index in [9.17, 15) is 0 Å². The largest absolute Gasteiger partial charge is 0.455 e. The third-order valence-corrected chi connectivity index (χ3v) is 14.7. The minimum atomic E-state index is -0.495. The van der Waals surface area contributed by atoms with Crippen molar-refractivity contribution in [3.63, 3.8) is 0 Å². The first kappa shape index (κ1) is 39.2. The van der Waals surface area contributed by atoms with E-state index in [-0.39, 0.29) is 0 Å². The SMILES string of the molecule is c1ccc(-c2ccccc2-c2c(-c3ccccc3)cccc2N(c2ccc(-c3cccc4c3oc3ccccc34)cc2)c2ccc3c(c2)C2(c4ccccc4-c4ccccc42)c2ccccc2-3)cc1. The summed E-state index contributed by atoms with van der Waals surface area (Å²) in [7, 11) is 0. The van der Waals surface area contributed by atoms with Crippen LogP contribution in [0.15, 0.2) is 265 Å². The Balaban J connectivity index is 1.04. The molecule has 2 nitrogen and oxygen atoms in total. The fourth-order valence-electron chi connectivity index (χ4n) is 11.9. The quantitative estimate of drug-likeness (QED) is 0.159. The minimum absolute atomic E-state index is 0.495. The van der Waals surface area contributed by atoms with Gasteiger partial charge < -0.3 is 9.32 Å². The van der Waals surface area contributed by atoms with Crippen molar-refractivity contribution in [3.05, 3.63) is 283 Å². The molecule has 0 fully saturated rings. The molecule has 0 atom stereocenters. The molecule has 14 rings (SSSR count). The van der Waals surface area contributed by atoms with Crippen LogP contribution < -0.4 is 4.90 Å². The summed E-state index contributed by atoms with van der Waals surface area (Å²) in [4.78, 5) is 2.50. The van der Waals surface area contributed by atoms with E-state index >= 15 is 0 Å². The van der Waals surface area contributed by atoms with Crippen LogP contribution >= 0.6 is 0 Å². The topological polar surface area (TPSA) is 16.4 Å². The van der Waals surface area contributed by atoms with Crippen molar-refractivity contribution in [2.75, 3.05) is 4.90 Å². The second-order valence-electron chi connectivity index (χ2n) is 18.3. The second-order valence-corrected chi connectivity index (χ2v) is 18.3. The van der Waals surface area contributed by atoms with E-state index in [1.807, 2.05) is 6.07 Å². The predicted molar refractivity (Wildman–Crippen MR) is 286 cm³/mol. The average molecular weight is 878 g/mol. The maximum Gasteiger partial charge on any atom is 0.143 e. The molecule has 0 saturated carbocycles. The molecule has 69 heavy (non-hydrogen) atoms. The zero-order valence-corrected chi connectivity index (χ0v) is 37.7. The van der Waals surface area contributed by atoms with Crippen LogP contribution in [0.4, 0.5) is 17.1 Å². The Bertz CT molecular complexity index is 3890. The van der Waals surface area contributed by atoms with Crippen LogP contribution in [0.25, 0.3) is 88.7 Å². The zero-order valence-electron chi connectivity index (χ0n) is 37.7. The van der Waals surface area contributed by atoms with E-state index in [4.69, 9.17) is 4.42 Å². The molecule has 0 unspecified atom stereocenters. The summed E-state index contributed by atoms with van der Waals surface area (Å²) in [5, 5.41) is 2.25. The highest BCUT2D eigenvalue weighted by atomic mass is 16.3. The van der Waals surface area contributed by atoms with E-state index < -0.39 is 5.41 Å². The number of rotatable bonds is 7. The maximum absolute atomic E-state index is 6.58. The summed E-state index contributed by atoms with van der Waals surface area (Å²) in [5.41, 5.74) is 24.1. The Kier molecular flexibility index (Phi) is 8.84. The average Bonchev–Trinajstić information content (AvgIpc) is 4.06. The van der Waals surface area contributed by atoms with E-state index in [1.165, 1.54) is 66.8 Å². The van der Waals surface area contributed by atoms with Gasteiger partial charge in [-0.3, -0.25) is 0 Å². The lowest BCUT2D eigenvalue weighted by atomic mass is 9.70. The molecule has 12 aromatic rings. The van der Waals surface area contributed by atoms with Crippen LogP contribution in [0.5, 0.6) is 0 Å². The van der Waals surface area contributed by atoms with Crippen molar-refractivity contribution >= 4 is 39.0 Å². The smallest absolute Gasteiger partial charge is 0.143 e. The van der Waals surface area contributed by atoms with Gasteiger partial charge in [0.05, 0.1) is 11.1 Å². The van der Waals surface area contributed by atoms with Gasteiger partial charge in [0, 0.05) is 33.3 Å². The monoisotopic (exact) mass is 877 g/mol.